The summed E-state index contributed by atoms with van der Waals surface area (Å²) >= 11 is 0. The second kappa shape index (κ2) is 32.2. The molecular formula is C56H50B2F8FeN4P2+2. The van der Waals surface area contributed by atoms with Crippen LogP contribution in [-0.4, -0.2) is 26.9 Å². The fourth-order valence-corrected chi connectivity index (χ4v) is 12.8. The summed E-state index contributed by atoms with van der Waals surface area (Å²) in [6.45, 7) is 2.86. The minimum atomic E-state index is -6.00. The first-order valence-electron chi connectivity index (χ1n) is 22.3. The van der Waals surface area contributed by atoms with Crippen molar-refractivity contribution in [2.45, 2.75) is 25.9 Å². The number of aliphatic imine (C=N–C) groups is 2. The fourth-order valence-electron chi connectivity index (χ4n) is 7.37. The number of hydrogen-bond acceptors (Lipinski definition) is 4. The van der Waals surface area contributed by atoms with E-state index in [1.807, 2.05) is 0 Å². The van der Waals surface area contributed by atoms with Gasteiger partial charge in [-0.1, -0.05) is 158 Å². The average Bonchev–Trinajstić information content (AvgIpc) is 3.37. The Labute approximate surface area is 435 Å². The van der Waals surface area contributed by atoms with E-state index in [2.05, 4.69) is 243 Å². The van der Waals surface area contributed by atoms with Gasteiger partial charge in [-0.25, -0.2) is 0 Å². The number of rotatable bonds is 13. The molecule has 73 heavy (non-hydrogen) atoms. The van der Waals surface area contributed by atoms with Gasteiger partial charge in [0.05, 0.1) is 28.0 Å². The molecule has 2 atom stereocenters. The minimum absolute atomic E-state index is 0. The van der Waals surface area contributed by atoms with Gasteiger partial charge in [0, 0.05) is 37.4 Å². The Morgan fingerprint density at radius 1 is 0.370 bits per heavy atom. The summed E-state index contributed by atoms with van der Waals surface area (Å²) in [6.07, 6.45) is 4.21. The third-order valence-corrected chi connectivity index (χ3v) is 15.7. The number of nitrogens with zero attached hydrogens (tertiary/aromatic N) is 4. The summed E-state index contributed by atoms with van der Waals surface area (Å²) in [6, 6.07) is 85.5. The molecule has 372 valence electrons. The molecule has 0 aliphatic rings. The van der Waals surface area contributed by atoms with E-state index < -0.39 is 30.4 Å². The maximum absolute atomic E-state index is 9.75. The van der Waals surface area contributed by atoms with Gasteiger partial charge in [0.15, 0.2) is 0 Å². The van der Waals surface area contributed by atoms with E-state index in [0.29, 0.717) is 0 Å². The number of hydrogen-bond donors (Lipinski definition) is 0. The molecule has 8 rings (SSSR count). The zero-order valence-corrected chi connectivity index (χ0v) is 42.7. The van der Waals surface area contributed by atoms with Crippen molar-refractivity contribution in [2.75, 3.05) is 0 Å². The molecule has 0 aliphatic heterocycles. The molecule has 4 nitrogen and oxygen atoms in total. The van der Waals surface area contributed by atoms with Gasteiger partial charge in [-0.05, 0) is 83.9 Å². The largest absolute Gasteiger partial charge is 2.00 e. The van der Waals surface area contributed by atoms with Crippen LogP contribution in [0.25, 0.3) is 0 Å². The molecule has 8 aromatic rings. The van der Waals surface area contributed by atoms with Crippen molar-refractivity contribution in [1.29, 1.82) is 10.5 Å². The van der Waals surface area contributed by atoms with Crippen molar-refractivity contribution < 1.29 is 51.6 Å². The molecule has 8 aromatic carbocycles. The summed E-state index contributed by atoms with van der Waals surface area (Å²) in [5, 5.41) is 22.7. The molecule has 0 saturated carbocycles. The molecule has 17 heteroatoms. The summed E-state index contributed by atoms with van der Waals surface area (Å²) in [4.78, 5) is 11.0. The first-order valence-corrected chi connectivity index (χ1v) is 25.3. The Morgan fingerprint density at radius 2 is 0.562 bits per heavy atom. The fraction of sp³-hybridized carbons (Fsp3) is 0.0714. The molecular weight excluding hydrogens is 1020 g/mol. The van der Waals surface area contributed by atoms with Crippen molar-refractivity contribution in [1.82, 2.24) is 0 Å². The molecule has 0 aliphatic carbocycles. The summed E-state index contributed by atoms with van der Waals surface area (Å²) < 4.78 is 78.0. The minimum Gasteiger partial charge on any atom is -0.418 e. The van der Waals surface area contributed by atoms with Gasteiger partial charge in [0.25, 0.3) is 0 Å². The molecule has 0 radical (unpaired) electrons. The zero-order chi connectivity index (χ0) is 52.2. The van der Waals surface area contributed by atoms with Crippen LogP contribution in [-0.2, 0) is 17.1 Å². The van der Waals surface area contributed by atoms with Crippen molar-refractivity contribution in [3.63, 3.8) is 0 Å². The Balaban J connectivity index is 0.000000728. The van der Waals surface area contributed by atoms with E-state index in [1.165, 1.54) is 45.7 Å². The molecule has 0 fully saturated rings. The van der Waals surface area contributed by atoms with Crippen molar-refractivity contribution >= 4 is 74.6 Å². The van der Waals surface area contributed by atoms with Crippen LogP contribution in [0.4, 0.5) is 34.5 Å². The van der Waals surface area contributed by atoms with Gasteiger partial charge >= 0.3 is 31.6 Å². The third kappa shape index (κ3) is 21.7. The van der Waals surface area contributed by atoms with E-state index >= 15 is 0 Å². The third-order valence-electron chi connectivity index (χ3n) is 10.0. The summed E-state index contributed by atoms with van der Waals surface area (Å²) in [7, 11) is -14.6. The van der Waals surface area contributed by atoms with Crippen LogP contribution in [0.1, 0.15) is 48.2 Å². The average molecular weight is 1070 g/mol. The molecule has 0 saturated heterocycles. The molecule has 0 aromatic heterocycles. The van der Waals surface area contributed by atoms with E-state index in [1.54, 1.807) is 12.1 Å². The van der Waals surface area contributed by atoms with E-state index in [4.69, 9.17) is 20.5 Å². The molecule has 0 spiro atoms. The topological polar surface area (TPSA) is 72.3 Å². The SMILES string of the molecule is C(=N[C@H](c1ccccc1)[C@H](N=Cc1ccccc1[PH+](c1ccccc1)c1ccccc1)c1ccccc1)c1ccccc1[PH+](c1ccccc1)c1ccccc1.CC#N.CC#N.F[B-](F)(F)F.F[B-](F)(F)F.[Fe+2]. The molecule has 0 bridgehead atoms. The Kier molecular flexibility index (Phi) is 26.6. The van der Waals surface area contributed by atoms with Crippen LogP contribution < -0.4 is 31.8 Å². The monoisotopic (exact) mass is 1070 g/mol. The molecule has 0 amide bonds. The number of nitriles is 2. The van der Waals surface area contributed by atoms with E-state index in [9.17, 15) is 34.5 Å². The van der Waals surface area contributed by atoms with E-state index in [0.717, 1.165) is 22.3 Å². The summed E-state index contributed by atoms with van der Waals surface area (Å²) in [5.41, 5.74) is 4.51. The zero-order valence-electron chi connectivity index (χ0n) is 39.6. The van der Waals surface area contributed by atoms with Gasteiger partial charge in [0.1, 0.15) is 43.9 Å². The van der Waals surface area contributed by atoms with Gasteiger partial charge in [0.2, 0.25) is 0 Å². The second-order valence-electron chi connectivity index (χ2n) is 15.1. The number of halogens is 8. The first kappa shape index (κ1) is 60.3. The van der Waals surface area contributed by atoms with Crippen molar-refractivity contribution in [3.8, 4) is 12.1 Å². The van der Waals surface area contributed by atoms with Crippen LogP contribution in [0, 0.1) is 22.7 Å². The molecule has 0 unspecified atom stereocenters. The van der Waals surface area contributed by atoms with Crippen molar-refractivity contribution in [2.24, 2.45) is 9.98 Å². The first-order chi connectivity index (χ1) is 34.7. The van der Waals surface area contributed by atoms with Gasteiger partial charge in [-0.15, -0.1) is 0 Å². The molecule has 0 N–H and O–H groups in total. The Hall–Kier alpha value is -6.97. The van der Waals surface area contributed by atoms with Gasteiger partial charge in [-0.2, -0.15) is 10.5 Å². The quantitative estimate of drug-likeness (QED) is 0.0499. The predicted molar refractivity (Wildman–Crippen MR) is 290 cm³/mol. The van der Waals surface area contributed by atoms with Gasteiger partial charge < -0.3 is 34.5 Å². The van der Waals surface area contributed by atoms with Gasteiger partial charge in [-0.3, -0.25) is 9.98 Å². The van der Waals surface area contributed by atoms with Crippen LogP contribution in [0.5, 0.6) is 0 Å². The maximum atomic E-state index is 9.75. The van der Waals surface area contributed by atoms with Crippen LogP contribution >= 0.6 is 15.8 Å². The van der Waals surface area contributed by atoms with Crippen LogP contribution in [0.15, 0.2) is 241 Å². The van der Waals surface area contributed by atoms with Crippen LogP contribution in [0.2, 0.25) is 0 Å². The predicted octanol–water partition coefficient (Wildman–Crippen LogP) is 13.3. The number of benzene rings is 8. The maximum Gasteiger partial charge on any atom is 2.00 e. The van der Waals surface area contributed by atoms with Crippen LogP contribution in [0.3, 0.4) is 0 Å². The smallest absolute Gasteiger partial charge is 0.418 e. The summed E-state index contributed by atoms with van der Waals surface area (Å²) in [5.74, 6) is 0. The molecule has 0 heterocycles. The Morgan fingerprint density at radius 3 is 0.795 bits per heavy atom. The Bertz CT molecular complexity index is 2640. The normalized spacial score (nSPS) is 11.6. The van der Waals surface area contributed by atoms with Crippen molar-refractivity contribution in [3.05, 3.63) is 253 Å². The second-order valence-corrected chi connectivity index (χ2v) is 20.0. The standard InChI is InChI=1S/C52H42N2P2.2C2H3N.2BF4.Fe/c1-7-23-41(24-8-1)51(53-39-43-27-19-21-37-49(43)55(45-29-11-3-12-30-45)46-31-13-4-14-32-46)52(42-25-9-2-10-26-42)54-40-44-28-20-22-38-50(44)56(47-33-15-5-16-34-47)48-35-17-6-18-36-48;2*1-2-3;2*2-1(3,4)5;/h1-40,51-52H;2*1H3;;;/q;;;2*-1;+2/p+2/t51-,52-;;;;;/m1...../s1. The van der Waals surface area contributed by atoms with E-state index in [-0.39, 0.29) is 29.2 Å².